The Morgan fingerprint density at radius 1 is 1.43 bits per heavy atom. The van der Waals surface area contributed by atoms with Crippen LogP contribution in [0.1, 0.15) is 32.4 Å². The van der Waals surface area contributed by atoms with Crippen molar-refractivity contribution in [2.24, 2.45) is 7.05 Å². The molecule has 80 valence electrons. The number of nitrogens with zero attached hydrogens (tertiary/aromatic N) is 2. The van der Waals surface area contributed by atoms with Crippen molar-refractivity contribution in [1.29, 1.82) is 0 Å². The molecule has 0 fully saturated rings. The van der Waals surface area contributed by atoms with Gasteiger partial charge in [0.2, 0.25) is 0 Å². The van der Waals surface area contributed by atoms with Crippen LogP contribution in [-0.2, 0) is 13.5 Å². The molecule has 0 aliphatic rings. The molecule has 1 heterocycles. The number of aromatic nitrogens is 2. The van der Waals surface area contributed by atoms with Crippen molar-refractivity contribution in [2.45, 2.75) is 39.2 Å². The lowest BCUT2D eigenvalue weighted by atomic mass is 10.2. The van der Waals surface area contributed by atoms with E-state index in [0.717, 1.165) is 13.0 Å². The van der Waals surface area contributed by atoms with E-state index in [1.807, 2.05) is 17.9 Å². The van der Waals surface area contributed by atoms with E-state index in [-0.39, 0.29) is 0 Å². The van der Waals surface area contributed by atoms with Gasteiger partial charge in [0.1, 0.15) is 0 Å². The lowest BCUT2D eigenvalue weighted by Gasteiger charge is -2.07. The van der Waals surface area contributed by atoms with Gasteiger partial charge < -0.3 is 5.32 Å². The zero-order valence-electron chi connectivity index (χ0n) is 9.45. The van der Waals surface area contributed by atoms with Gasteiger partial charge in [-0.25, -0.2) is 0 Å². The minimum atomic E-state index is 0.603. The molecule has 0 aromatic carbocycles. The molecule has 3 nitrogen and oxygen atoms in total. The van der Waals surface area contributed by atoms with E-state index in [2.05, 4.69) is 30.3 Å². The first kappa shape index (κ1) is 11.2. The Hall–Kier alpha value is -0.830. The molecule has 14 heavy (non-hydrogen) atoms. The van der Waals surface area contributed by atoms with Crippen LogP contribution in [0.2, 0.25) is 0 Å². The van der Waals surface area contributed by atoms with E-state index >= 15 is 0 Å². The van der Waals surface area contributed by atoms with Crippen LogP contribution < -0.4 is 5.32 Å². The Morgan fingerprint density at radius 3 is 2.79 bits per heavy atom. The summed E-state index contributed by atoms with van der Waals surface area (Å²) in [5.74, 6) is 0. The zero-order valence-corrected chi connectivity index (χ0v) is 9.45. The molecule has 0 atom stereocenters. The molecular formula is C11H21N3. The van der Waals surface area contributed by atoms with Gasteiger partial charge in [-0.15, -0.1) is 0 Å². The zero-order chi connectivity index (χ0) is 10.4. The second-order valence-corrected chi connectivity index (χ2v) is 4.01. The van der Waals surface area contributed by atoms with Crippen molar-refractivity contribution in [3.05, 3.63) is 18.0 Å². The highest BCUT2D eigenvalue weighted by Gasteiger charge is 1.98. The van der Waals surface area contributed by atoms with Crippen LogP contribution in [0.3, 0.4) is 0 Å². The largest absolute Gasteiger partial charge is 0.315 e. The molecule has 1 aromatic rings. The molecule has 1 rings (SSSR count). The molecule has 0 amide bonds. The van der Waals surface area contributed by atoms with Crippen molar-refractivity contribution in [1.82, 2.24) is 15.1 Å². The maximum Gasteiger partial charge on any atom is 0.0492 e. The van der Waals surface area contributed by atoms with Gasteiger partial charge in [0.05, 0.1) is 0 Å². The Morgan fingerprint density at radius 2 is 2.21 bits per heavy atom. The van der Waals surface area contributed by atoms with Gasteiger partial charge in [0, 0.05) is 25.0 Å². The number of hydrogen-bond acceptors (Lipinski definition) is 2. The predicted molar refractivity (Wildman–Crippen MR) is 59.3 cm³/mol. The van der Waals surface area contributed by atoms with Gasteiger partial charge in [-0.3, -0.25) is 4.68 Å². The first-order valence-corrected chi connectivity index (χ1v) is 5.40. The normalized spacial score (nSPS) is 11.1. The third-order valence-corrected chi connectivity index (χ3v) is 2.33. The Labute approximate surface area is 86.5 Å². The van der Waals surface area contributed by atoms with Crippen LogP contribution in [-0.4, -0.2) is 22.4 Å². The summed E-state index contributed by atoms with van der Waals surface area (Å²) in [7, 11) is 2.00. The highest BCUT2D eigenvalue weighted by atomic mass is 15.2. The Bertz CT molecular complexity index is 253. The van der Waals surface area contributed by atoms with Crippen molar-refractivity contribution in [2.75, 3.05) is 6.54 Å². The average Bonchev–Trinajstić information content (AvgIpc) is 2.51. The highest BCUT2D eigenvalue weighted by molar-refractivity contribution is 4.99. The summed E-state index contributed by atoms with van der Waals surface area (Å²) < 4.78 is 1.95. The third kappa shape index (κ3) is 3.92. The van der Waals surface area contributed by atoms with E-state index in [1.54, 1.807) is 0 Å². The SMILES string of the molecule is CC(C)NCCCCc1ccnn1C. The van der Waals surface area contributed by atoms with Crippen molar-refractivity contribution >= 4 is 0 Å². The van der Waals surface area contributed by atoms with E-state index in [0.29, 0.717) is 6.04 Å². The van der Waals surface area contributed by atoms with Crippen LogP contribution in [0.25, 0.3) is 0 Å². The minimum absolute atomic E-state index is 0.603. The minimum Gasteiger partial charge on any atom is -0.315 e. The number of aryl methyl sites for hydroxylation is 2. The van der Waals surface area contributed by atoms with Crippen LogP contribution in [0, 0.1) is 0 Å². The van der Waals surface area contributed by atoms with Gasteiger partial charge in [-0.2, -0.15) is 5.10 Å². The van der Waals surface area contributed by atoms with Gasteiger partial charge in [-0.1, -0.05) is 13.8 Å². The van der Waals surface area contributed by atoms with Gasteiger partial charge >= 0.3 is 0 Å². The van der Waals surface area contributed by atoms with Crippen molar-refractivity contribution in [3.8, 4) is 0 Å². The van der Waals surface area contributed by atoms with E-state index in [1.165, 1.54) is 18.5 Å². The number of rotatable bonds is 6. The molecule has 0 spiro atoms. The number of hydrogen-bond donors (Lipinski definition) is 1. The summed E-state index contributed by atoms with van der Waals surface area (Å²) in [6, 6.07) is 2.70. The fourth-order valence-electron chi connectivity index (χ4n) is 1.47. The molecule has 1 N–H and O–H groups in total. The quantitative estimate of drug-likeness (QED) is 0.701. The van der Waals surface area contributed by atoms with E-state index < -0.39 is 0 Å². The molecule has 1 aromatic heterocycles. The third-order valence-electron chi connectivity index (χ3n) is 2.33. The number of nitrogens with one attached hydrogen (secondary N) is 1. The van der Waals surface area contributed by atoms with Crippen molar-refractivity contribution < 1.29 is 0 Å². The van der Waals surface area contributed by atoms with Gasteiger partial charge in [-0.05, 0) is 31.9 Å². The van der Waals surface area contributed by atoms with Crippen molar-refractivity contribution in [3.63, 3.8) is 0 Å². The van der Waals surface area contributed by atoms with Gasteiger partial charge in [0.15, 0.2) is 0 Å². The van der Waals surface area contributed by atoms with Crippen LogP contribution in [0.4, 0.5) is 0 Å². The average molecular weight is 195 g/mol. The number of unbranched alkanes of at least 4 members (excludes halogenated alkanes) is 1. The molecule has 0 saturated heterocycles. The second-order valence-electron chi connectivity index (χ2n) is 4.01. The maximum atomic E-state index is 4.14. The molecule has 0 aliphatic heterocycles. The lowest BCUT2D eigenvalue weighted by Crippen LogP contribution is -2.23. The summed E-state index contributed by atoms with van der Waals surface area (Å²) in [4.78, 5) is 0. The molecule has 0 aliphatic carbocycles. The first-order valence-electron chi connectivity index (χ1n) is 5.40. The Kier molecular flexibility index (Phi) is 4.66. The summed E-state index contributed by atoms with van der Waals surface area (Å²) >= 11 is 0. The fraction of sp³-hybridized carbons (Fsp3) is 0.727. The molecule has 0 radical (unpaired) electrons. The monoisotopic (exact) mass is 195 g/mol. The smallest absolute Gasteiger partial charge is 0.0492 e. The standard InChI is InChI=1S/C11H21N3/c1-10(2)12-8-5-4-6-11-7-9-13-14(11)3/h7,9-10,12H,4-6,8H2,1-3H3. The molecule has 0 saturated carbocycles. The fourth-order valence-corrected chi connectivity index (χ4v) is 1.47. The van der Waals surface area contributed by atoms with E-state index in [9.17, 15) is 0 Å². The summed E-state index contributed by atoms with van der Waals surface area (Å²) in [6.45, 7) is 5.48. The first-order chi connectivity index (χ1) is 6.70. The molecule has 0 bridgehead atoms. The lowest BCUT2D eigenvalue weighted by molar-refractivity contribution is 0.552. The van der Waals surface area contributed by atoms with Crippen LogP contribution in [0.15, 0.2) is 12.3 Å². The van der Waals surface area contributed by atoms with Gasteiger partial charge in [0.25, 0.3) is 0 Å². The highest BCUT2D eigenvalue weighted by Crippen LogP contribution is 2.02. The van der Waals surface area contributed by atoms with E-state index in [4.69, 9.17) is 0 Å². The molecular weight excluding hydrogens is 174 g/mol. The maximum absolute atomic E-state index is 4.14. The summed E-state index contributed by atoms with van der Waals surface area (Å²) in [5, 5.41) is 7.56. The molecule has 3 heteroatoms. The van der Waals surface area contributed by atoms with Crippen LogP contribution in [0.5, 0.6) is 0 Å². The van der Waals surface area contributed by atoms with Crippen LogP contribution >= 0.6 is 0 Å². The topological polar surface area (TPSA) is 29.9 Å². The Balaban J connectivity index is 2.08. The predicted octanol–water partition coefficient (Wildman–Crippen LogP) is 1.74. The molecule has 0 unspecified atom stereocenters. The summed E-state index contributed by atoms with van der Waals surface area (Å²) in [6.07, 6.45) is 5.47. The second kappa shape index (κ2) is 5.81. The summed E-state index contributed by atoms with van der Waals surface area (Å²) in [5.41, 5.74) is 1.33.